The third-order valence-electron chi connectivity index (χ3n) is 6.36. The molecule has 9 nitrogen and oxygen atoms in total. The van der Waals surface area contributed by atoms with Crippen molar-refractivity contribution in [1.29, 1.82) is 0 Å². The van der Waals surface area contributed by atoms with Gasteiger partial charge in [0, 0.05) is 24.3 Å². The number of esters is 1. The first-order valence-electron chi connectivity index (χ1n) is 13.0. The number of carbonyl (C=O) groups is 3. The number of carbonyl (C=O) groups excluding carboxylic acids is 3. The standard InChI is InChI=1S/C32H28N2O7/c1-38-25-15-17-29(18-16-25)41-28-13-9-24(10-14-28)34-20-22(19-31(34)36)32(37)39-21-30(35)33-23-7-11-27(12-8-23)40-26-5-3-2-4-6-26/h2-18,22H,19-21H2,1H3,(H,33,35)/t22-/m0/s1. The van der Waals surface area contributed by atoms with Gasteiger partial charge in [-0.05, 0) is 84.9 Å². The van der Waals surface area contributed by atoms with Gasteiger partial charge in [-0.25, -0.2) is 0 Å². The molecule has 0 aromatic heterocycles. The molecule has 41 heavy (non-hydrogen) atoms. The highest BCUT2D eigenvalue weighted by atomic mass is 16.5. The zero-order valence-electron chi connectivity index (χ0n) is 22.3. The van der Waals surface area contributed by atoms with Gasteiger partial charge in [-0.3, -0.25) is 14.4 Å². The van der Waals surface area contributed by atoms with Crippen molar-refractivity contribution >= 4 is 29.2 Å². The van der Waals surface area contributed by atoms with Crippen molar-refractivity contribution in [2.75, 3.05) is 30.5 Å². The first-order chi connectivity index (χ1) is 20.0. The molecule has 9 heteroatoms. The Morgan fingerprint density at radius 1 is 0.756 bits per heavy atom. The number of anilines is 2. The topological polar surface area (TPSA) is 103 Å². The minimum absolute atomic E-state index is 0.00737. The van der Waals surface area contributed by atoms with Gasteiger partial charge in [0.05, 0.1) is 13.0 Å². The summed E-state index contributed by atoms with van der Waals surface area (Å²) in [6.07, 6.45) is 0.00737. The summed E-state index contributed by atoms with van der Waals surface area (Å²) in [5, 5.41) is 2.68. The van der Waals surface area contributed by atoms with Crippen molar-refractivity contribution in [3.63, 3.8) is 0 Å². The number of benzene rings is 4. The van der Waals surface area contributed by atoms with E-state index in [1.54, 1.807) is 79.9 Å². The van der Waals surface area contributed by atoms with E-state index in [1.165, 1.54) is 4.90 Å². The molecular formula is C32H28N2O7. The molecule has 2 amide bonds. The second-order valence-corrected chi connectivity index (χ2v) is 9.27. The van der Waals surface area contributed by atoms with Crippen LogP contribution >= 0.6 is 0 Å². The zero-order valence-corrected chi connectivity index (χ0v) is 22.3. The molecule has 1 aliphatic rings. The molecule has 1 saturated heterocycles. The summed E-state index contributed by atoms with van der Waals surface area (Å²) in [6, 6.07) is 30.4. The number of para-hydroxylation sites is 1. The summed E-state index contributed by atoms with van der Waals surface area (Å²) in [7, 11) is 1.60. The monoisotopic (exact) mass is 552 g/mol. The molecule has 0 aliphatic carbocycles. The van der Waals surface area contributed by atoms with Crippen molar-refractivity contribution in [3.05, 3.63) is 103 Å². The van der Waals surface area contributed by atoms with E-state index < -0.39 is 24.4 Å². The summed E-state index contributed by atoms with van der Waals surface area (Å²) in [5.74, 6) is 1.37. The van der Waals surface area contributed by atoms with Gasteiger partial charge < -0.3 is 29.2 Å². The molecular weight excluding hydrogens is 524 g/mol. The number of nitrogens with zero attached hydrogens (tertiary/aromatic N) is 1. The third-order valence-corrected chi connectivity index (χ3v) is 6.36. The van der Waals surface area contributed by atoms with Crippen LogP contribution in [0.2, 0.25) is 0 Å². The van der Waals surface area contributed by atoms with Crippen LogP contribution in [-0.2, 0) is 19.1 Å². The minimum atomic E-state index is -0.667. The van der Waals surface area contributed by atoms with Gasteiger partial charge in [0.25, 0.3) is 5.91 Å². The first kappa shape index (κ1) is 27.3. The molecule has 1 fully saturated rings. The summed E-state index contributed by atoms with van der Waals surface area (Å²) in [4.78, 5) is 39.1. The van der Waals surface area contributed by atoms with Gasteiger partial charge in [-0.15, -0.1) is 0 Å². The molecule has 0 radical (unpaired) electrons. The first-order valence-corrected chi connectivity index (χ1v) is 13.0. The number of hydrogen-bond acceptors (Lipinski definition) is 7. The fourth-order valence-corrected chi connectivity index (χ4v) is 4.27. The van der Waals surface area contributed by atoms with Crippen LogP contribution in [0.4, 0.5) is 11.4 Å². The summed E-state index contributed by atoms with van der Waals surface area (Å²) in [6.45, 7) is -0.288. The molecule has 1 atom stereocenters. The molecule has 0 saturated carbocycles. The van der Waals surface area contributed by atoms with Crippen LogP contribution in [0.15, 0.2) is 103 Å². The number of methoxy groups -OCH3 is 1. The average Bonchev–Trinajstić information content (AvgIpc) is 3.40. The molecule has 4 aromatic carbocycles. The highest BCUT2D eigenvalue weighted by Crippen LogP contribution is 2.30. The summed E-state index contributed by atoms with van der Waals surface area (Å²) in [5.41, 5.74) is 1.18. The molecule has 0 spiro atoms. The molecule has 0 unspecified atom stereocenters. The molecule has 1 heterocycles. The van der Waals surface area contributed by atoms with Crippen LogP contribution in [0.25, 0.3) is 0 Å². The Hall–Kier alpha value is -5.31. The molecule has 208 valence electrons. The van der Waals surface area contributed by atoms with E-state index in [4.69, 9.17) is 18.9 Å². The number of nitrogens with one attached hydrogen (secondary N) is 1. The van der Waals surface area contributed by atoms with Crippen LogP contribution in [0, 0.1) is 5.92 Å². The number of amides is 2. The fraction of sp³-hybridized carbons (Fsp3) is 0.156. The normalized spacial score (nSPS) is 14.3. The lowest BCUT2D eigenvalue weighted by molar-refractivity contribution is -0.151. The minimum Gasteiger partial charge on any atom is -0.497 e. The average molecular weight is 553 g/mol. The van der Waals surface area contributed by atoms with Gasteiger partial charge in [0.15, 0.2) is 6.61 Å². The van der Waals surface area contributed by atoms with E-state index in [9.17, 15) is 14.4 Å². The SMILES string of the molecule is COc1ccc(Oc2ccc(N3C[C@@H](C(=O)OCC(=O)Nc4ccc(Oc5ccccc5)cc4)CC3=O)cc2)cc1. The number of hydrogen-bond donors (Lipinski definition) is 1. The maximum atomic E-state index is 12.6. The fourth-order valence-electron chi connectivity index (χ4n) is 4.27. The zero-order chi connectivity index (χ0) is 28.6. The smallest absolute Gasteiger partial charge is 0.311 e. The van der Waals surface area contributed by atoms with Crippen LogP contribution in [0.5, 0.6) is 28.7 Å². The van der Waals surface area contributed by atoms with Crippen molar-refractivity contribution in [3.8, 4) is 28.7 Å². The third kappa shape index (κ3) is 7.21. The molecule has 4 aromatic rings. The molecule has 0 bridgehead atoms. The second kappa shape index (κ2) is 12.7. The van der Waals surface area contributed by atoms with Crippen LogP contribution in [0.1, 0.15) is 6.42 Å². The van der Waals surface area contributed by atoms with Gasteiger partial charge in [-0.2, -0.15) is 0 Å². The van der Waals surface area contributed by atoms with E-state index in [2.05, 4.69) is 5.32 Å². The van der Waals surface area contributed by atoms with Crippen LogP contribution in [0.3, 0.4) is 0 Å². The maximum absolute atomic E-state index is 12.6. The van der Waals surface area contributed by atoms with E-state index in [1.807, 2.05) is 30.3 Å². The van der Waals surface area contributed by atoms with Crippen molar-refractivity contribution in [2.24, 2.45) is 5.92 Å². The van der Waals surface area contributed by atoms with Crippen molar-refractivity contribution in [2.45, 2.75) is 6.42 Å². The summed E-state index contributed by atoms with van der Waals surface area (Å²) >= 11 is 0. The van der Waals surface area contributed by atoms with E-state index >= 15 is 0 Å². The van der Waals surface area contributed by atoms with Crippen LogP contribution < -0.4 is 24.4 Å². The Morgan fingerprint density at radius 3 is 1.90 bits per heavy atom. The Kier molecular flexibility index (Phi) is 8.44. The molecule has 1 aliphatic heterocycles. The maximum Gasteiger partial charge on any atom is 0.311 e. The van der Waals surface area contributed by atoms with Gasteiger partial charge >= 0.3 is 5.97 Å². The van der Waals surface area contributed by atoms with Gasteiger partial charge in [-0.1, -0.05) is 18.2 Å². The number of rotatable bonds is 10. The molecule has 1 N–H and O–H groups in total. The summed E-state index contributed by atoms with van der Waals surface area (Å²) < 4.78 is 21.9. The lowest BCUT2D eigenvalue weighted by Crippen LogP contribution is -2.28. The quantitative estimate of drug-likeness (QED) is 0.248. The van der Waals surface area contributed by atoms with E-state index in [-0.39, 0.29) is 18.9 Å². The molecule has 5 rings (SSSR count). The van der Waals surface area contributed by atoms with E-state index in [0.29, 0.717) is 34.4 Å². The van der Waals surface area contributed by atoms with Crippen molar-refractivity contribution < 1.29 is 33.3 Å². The predicted octanol–water partition coefficient (Wildman–Crippen LogP) is 5.81. The Morgan fingerprint density at radius 2 is 1.29 bits per heavy atom. The van der Waals surface area contributed by atoms with Crippen LogP contribution in [-0.4, -0.2) is 38.0 Å². The Labute approximate surface area is 237 Å². The highest BCUT2D eigenvalue weighted by Gasteiger charge is 2.36. The Bertz CT molecular complexity index is 1490. The van der Waals surface area contributed by atoms with Gasteiger partial charge in [0.2, 0.25) is 5.91 Å². The van der Waals surface area contributed by atoms with Crippen molar-refractivity contribution in [1.82, 2.24) is 0 Å². The number of ether oxygens (including phenoxy) is 4. The lowest BCUT2D eigenvalue weighted by Gasteiger charge is -2.17. The largest absolute Gasteiger partial charge is 0.497 e. The van der Waals surface area contributed by atoms with Gasteiger partial charge in [0.1, 0.15) is 28.7 Å². The second-order valence-electron chi connectivity index (χ2n) is 9.27. The highest BCUT2D eigenvalue weighted by molar-refractivity contribution is 6.00. The Balaban J connectivity index is 1.08. The predicted molar refractivity (Wildman–Crippen MR) is 153 cm³/mol. The van der Waals surface area contributed by atoms with E-state index in [0.717, 1.165) is 5.75 Å². The lowest BCUT2D eigenvalue weighted by atomic mass is 10.1.